The summed E-state index contributed by atoms with van der Waals surface area (Å²) in [6.45, 7) is 5.06. The van der Waals surface area contributed by atoms with Crippen LogP contribution in [0.5, 0.6) is 0 Å². The van der Waals surface area contributed by atoms with E-state index < -0.39 is 0 Å². The summed E-state index contributed by atoms with van der Waals surface area (Å²) in [7, 11) is 0. The third kappa shape index (κ3) is 4.31. The van der Waals surface area contributed by atoms with Crippen molar-refractivity contribution >= 4 is 5.91 Å². The van der Waals surface area contributed by atoms with Crippen molar-refractivity contribution < 1.29 is 9.53 Å². The van der Waals surface area contributed by atoms with E-state index in [1.807, 2.05) is 4.90 Å². The number of ether oxygens (including phenoxy) is 1. The van der Waals surface area contributed by atoms with Crippen molar-refractivity contribution in [3.63, 3.8) is 0 Å². The van der Waals surface area contributed by atoms with Gasteiger partial charge in [0.25, 0.3) is 0 Å². The molecule has 1 saturated heterocycles. The fraction of sp³-hybridized carbons (Fsp3) is 0.769. The van der Waals surface area contributed by atoms with Gasteiger partial charge in [-0.25, -0.2) is 4.98 Å². The molecule has 1 aliphatic rings. The van der Waals surface area contributed by atoms with Gasteiger partial charge in [-0.3, -0.25) is 9.48 Å². The van der Waals surface area contributed by atoms with Crippen LogP contribution in [0.15, 0.2) is 12.7 Å². The second-order valence-corrected chi connectivity index (χ2v) is 4.88. The topological polar surface area (TPSA) is 60.2 Å². The van der Waals surface area contributed by atoms with Crippen LogP contribution in [0.1, 0.15) is 32.6 Å². The van der Waals surface area contributed by atoms with Crippen molar-refractivity contribution in [3.05, 3.63) is 12.7 Å². The Hall–Kier alpha value is -1.43. The lowest BCUT2D eigenvalue weighted by Crippen LogP contribution is -2.43. The number of nitrogens with zero attached hydrogens (tertiary/aromatic N) is 4. The van der Waals surface area contributed by atoms with Gasteiger partial charge in [0.05, 0.1) is 12.6 Å². The minimum atomic E-state index is 0.181. The Morgan fingerprint density at radius 3 is 3.16 bits per heavy atom. The number of piperidine rings is 1. The van der Waals surface area contributed by atoms with E-state index in [4.69, 9.17) is 4.74 Å². The molecule has 1 amide bonds. The summed E-state index contributed by atoms with van der Waals surface area (Å²) < 4.78 is 7.43. The Labute approximate surface area is 113 Å². The van der Waals surface area contributed by atoms with Gasteiger partial charge in [0.1, 0.15) is 12.7 Å². The summed E-state index contributed by atoms with van der Waals surface area (Å²) >= 11 is 0. The van der Waals surface area contributed by atoms with Crippen LogP contribution in [-0.2, 0) is 16.1 Å². The first kappa shape index (κ1) is 14.0. The van der Waals surface area contributed by atoms with Gasteiger partial charge in [-0.1, -0.05) is 6.92 Å². The predicted octanol–water partition coefficient (Wildman–Crippen LogP) is 1.09. The molecule has 1 aromatic rings. The van der Waals surface area contributed by atoms with Crippen LogP contribution in [0.3, 0.4) is 0 Å². The van der Waals surface area contributed by atoms with E-state index in [1.165, 1.54) is 6.33 Å². The van der Waals surface area contributed by atoms with Crippen molar-refractivity contribution in [2.24, 2.45) is 0 Å². The Bertz CT molecular complexity index is 380. The number of likely N-dealkylation sites (tertiary alicyclic amines) is 1. The van der Waals surface area contributed by atoms with Crippen molar-refractivity contribution in [1.82, 2.24) is 19.7 Å². The molecule has 0 aromatic carbocycles. The van der Waals surface area contributed by atoms with Crippen molar-refractivity contribution in [3.8, 4) is 0 Å². The van der Waals surface area contributed by atoms with E-state index in [9.17, 15) is 4.79 Å². The molecule has 1 aliphatic heterocycles. The Balaban J connectivity index is 1.75. The van der Waals surface area contributed by atoms with Gasteiger partial charge in [0.2, 0.25) is 5.91 Å². The summed E-state index contributed by atoms with van der Waals surface area (Å²) in [5.41, 5.74) is 0. The lowest BCUT2D eigenvalue weighted by molar-refractivity contribution is -0.135. The molecule has 19 heavy (non-hydrogen) atoms. The number of carbonyl (C=O) groups is 1. The van der Waals surface area contributed by atoms with Gasteiger partial charge >= 0.3 is 0 Å². The number of amides is 1. The van der Waals surface area contributed by atoms with Crippen LogP contribution in [0.25, 0.3) is 0 Å². The van der Waals surface area contributed by atoms with Crippen molar-refractivity contribution in [1.29, 1.82) is 0 Å². The molecule has 0 saturated carbocycles. The number of carbonyl (C=O) groups excluding carboxylic acids is 1. The lowest BCUT2D eigenvalue weighted by Gasteiger charge is -2.32. The number of hydrogen-bond donors (Lipinski definition) is 0. The minimum Gasteiger partial charge on any atom is -0.376 e. The van der Waals surface area contributed by atoms with Gasteiger partial charge in [-0.2, -0.15) is 5.10 Å². The van der Waals surface area contributed by atoms with Gasteiger partial charge in [-0.05, 0) is 19.3 Å². The first-order valence-corrected chi connectivity index (χ1v) is 7.01. The van der Waals surface area contributed by atoms with Crippen LogP contribution in [0, 0.1) is 0 Å². The molecule has 1 atom stereocenters. The molecular weight excluding hydrogens is 244 g/mol. The molecule has 0 N–H and O–H groups in total. The number of aromatic nitrogens is 3. The highest BCUT2D eigenvalue weighted by molar-refractivity contribution is 5.76. The molecule has 1 aromatic heterocycles. The van der Waals surface area contributed by atoms with Gasteiger partial charge < -0.3 is 9.64 Å². The third-order valence-corrected chi connectivity index (χ3v) is 3.31. The van der Waals surface area contributed by atoms with E-state index in [0.29, 0.717) is 13.0 Å². The standard InChI is InChI=1S/C13H22N4O2/c1-2-8-19-12-4-3-6-16(9-12)13(18)5-7-17-11-14-10-15-17/h10-12H,2-9H2,1H3/t12-/m1/s1. The molecule has 0 bridgehead atoms. The molecular formula is C13H22N4O2. The monoisotopic (exact) mass is 266 g/mol. The largest absolute Gasteiger partial charge is 0.376 e. The molecule has 0 spiro atoms. The normalized spacial score (nSPS) is 19.6. The van der Waals surface area contributed by atoms with Crippen LogP contribution >= 0.6 is 0 Å². The van der Waals surface area contributed by atoms with Crippen molar-refractivity contribution in [2.45, 2.75) is 45.3 Å². The highest BCUT2D eigenvalue weighted by Gasteiger charge is 2.23. The number of rotatable bonds is 6. The second kappa shape index (κ2) is 7.23. The maximum absolute atomic E-state index is 12.1. The maximum atomic E-state index is 12.1. The fourth-order valence-corrected chi connectivity index (χ4v) is 2.30. The van der Waals surface area contributed by atoms with Crippen LogP contribution in [0.2, 0.25) is 0 Å². The molecule has 0 aliphatic carbocycles. The molecule has 2 rings (SSSR count). The summed E-state index contributed by atoms with van der Waals surface area (Å²) in [6.07, 6.45) is 6.93. The van der Waals surface area contributed by atoms with E-state index in [-0.39, 0.29) is 12.0 Å². The van der Waals surface area contributed by atoms with E-state index in [1.54, 1.807) is 11.0 Å². The minimum absolute atomic E-state index is 0.181. The van der Waals surface area contributed by atoms with E-state index >= 15 is 0 Å². The zero-order valence-corrected chi connectivity index (χ0v) is 11.5. The zero-order valence-electron chi connectivity index (χ0n) is 11.5. The first-order chi connectivity index (χ1) is 9.29. The van der Waals surface area contributed by atoms with Crippen LogP contribution in [0.4, 0.5) is 0 Å². The number of hydrogen-bond acceptors (Lipinski definition) is 4. The molecule has 2 heterocycles. The van der Waals surface area contributed by atoms with Crippen molar-refractivity contribution in [2.75, 3.05) is 19.7 Å². The highest BCUT2D eigenvalue weighted by Crippen LogP contribution is 2.14. The molecule has 6 nitrogen and oxygen atoms in total. The van der Waals surface area contributed by atoms with E-state index in [0.717, 1.165) is 39.0 Å². The van der Waals surface area contributed by atoms with Crippen LogP contribution in [-0.4, -0.2) is 51.4 Å². The first-order valence-electron chi connectivity index (χ1n) is 7.01. The van der Waals surface area contributed by atoms with Gasteiger partial charge in [-0.15, -0.1) is 0 Å². The molecule has 0 radical (unpaired) electrons. The Morgan fingerprint density at radius 2 is 2.42 bits per heavy atom. The van der Waals surface area contributed by atoms with Gasteiger partial charge in [0, 0.05) is 26.1 Å². The van der Waals surface area contributed by atoms with Gasteiger partial charge in [0.15, 0.2) is 0 Å². The molecule has 1 fully saturated rings. The summed E-state index contributed by atoms with van der Waals surface area (Å²) in [4.78, 5) is 17.9. The summed E-state index contributed by atoms with van der Waals surface area (Å²) in [5, 5.41) is 4.00. The maximum Gasteiger partial charge on any atom is 0.224 e. The molecule has 0 unspecified atom stereocenters. The Kier molecular flexibility index (Phi) is 5.32. The number of aryl methyl sites for hydroxylation is 1. The predicted molar refractivity (Wildman–Crippen MR) is 70.5 cm³/mol. The van der Waals surface area contributed by atoms with Crippen LogP contribution < -0.4 is 0 Å². The van der Waals surface area contributed by atoms with E-state index in [2.05, 4.69) is 17.0 Å². The average Bonchev–Trinajstić information content (AvgIpc) is 2.96. The SMILES string of the molecule is CCCO[C@@H]1CCCN(C(=O)CCn2cncn2)C1. The fourth-order valence-electron chi connectivity index (χ4n) is 2.30. The molecule has 6 heteroatoms. The second-order valence-electron chi connectivity index (χ2n) is 4.88. The summed E-state index contributed by atoms with van der Waals surface area (Å²) in [6, 6.07) is 0. The smallest absolute Gasteiger partial charge is 0.224 e. The summed E-state index contributed by atoms with van der Waals surface area (Å²) in [5.74, 6) is 0.181. The Morgan fingerprint density at radius 1 is 1.53 bits per heavy atom. The third-order valence-electron chi connectivity index (χ3n) is 3.31. The molecule has 106 valence electrons. The highest BCUT2D eigenvalue weighted by atomic mass is 16.5. The lowest BCUT2D eigenvalue weighted by atomic mass is 10.1. The average molecular weight is 266 g/mol. The zero-order chi connectivity index (χ0) is 13.5. The quantitative estimate of drug-likeness (QED) is 0.773.